The van der Waals surface area contributed by atoms with Crippen molar-refractivity contribution in [2.75, 3.05) is 32.6 Å². The largest absolute Gasteiger partial charge is 0.497 e. The van der Waals surface area contributed by atoms with Crippen LogP contribution < -0.4 is 14.8 Å². The van der Waals surface area contributed by atoms with Gasteiger partial charge in [0, 0.05) is 24.8 Å². The first-order valence-electron chi connectivity index (χ1n) is 9.24. The summed E-state index contributed by atoms with van der Waals surface area (Å²) in [7, 11) is 3.20. The highest BCUT2D eigenvalue weighted by Gasteiger charge is 2.20. The molecule has 1 saturated heterocycles. The van der Waals surface area contributed by atoms with Gasteiger partial charge in [0.2, 0.25) is 5.95 Å². The molecule has 1 aliphatic heterocycles. The smallest absolute Gasteiger partial charge is 0.272 e. The van der Waals surface area contributed by atoms with Crippen LogP contribution in [0.25, 0.3) is 0 Å². The summed E-state index contributed by atoms with van der Waals surface area (Å²) in [4.78, 5) is 23.7. The van der Waals surface area contributed by atoms with Gasteiger partial charge in [-0.15, -0.1) is 0 Å². The third kappa shape index (κ3) is 4.67. The Bertz CT molecular complexity index is 802. The van der Waals surface area contributed by atoms with Gasteiger partial charge in [0.25, 0.3) is 5.91 Å². The predicted octanol–water partition coefficient (Wildman–Crippen LogP) is 3.56. The van der Waals surface area contributed by atoms with Crippen molar-refractivity contribution in [3.05, 3.63) is 35.7 Å². The second-order valence-corrected chi connectivity index (χ2v) is 6.62. The number of likely N-dealkylation sites (tertiary alicyclic amines) is 1. The van der Waals surface area contributed by atoms with Gasteiger partial charge in [-0.25, -0.2) is 9.97 Å². The number of nitrogens with zero attached hydrogens (tertiary/aromatic N) is 3. The van der Waals surface area contributed by atoms with Crippen LogP contribution in [0, 0.1) is 6.92 Å². The number of methoxy groups -OCH3 is 2. The first-order chi connectivity index (χ1) is 13.1. The van der Waals surface area contributed by atoms with Crippen molar-refractivity contribution in [3.8, 4) is 11.5 Å². The number of nitrogens with one attached hydrogen (secondary N) is 1. The molecule has 27 heavy (non-hydrogen) atoms. The summed E-state index contributed by atoms with van der Waals surface area (Å²) >= 11 is 0. The van der Waals surface area contributed by atoms with Gasteiger partial charge in [-0.3, -0.25) is 4.79 Å². The second-order valence-electron chi connectivity index (χ2n) is 6.62. The molecule has 144 valence electrons. The van der Waals surface area contributed by atoms with E-state index in [1.807, 2.05) is 17.9 Å². The highest BCUT2D eigenvalue weighted by molar-refractivity contribution is 5.92. The zero-order valence-corrected chi connectivity index (χ0v) is 16.1. The quantitative estimate of drug-likeness (QED) is 0.867. The number of ether oxygens (including phenoxy) is 2. The molecule has 1 aromatic heterocycles. The Hall–Kier alpha value is -2.83. The number of benzene rings is 1. The van der Waals surface area contributed by atoms with Gasteiger partial charge in [-0.05, 0) is 38.0 Å². The third-order valence-electron chi connectivity index (χ3n) is 4.62. The minimum atomic E-state index is -0.0388. The van der Waals surface area contributed by atoms with Crippen LogP contribution in [0.3, 0.4) is 0 Å². The molecule has 7 heteroatoms. The van der Waals surface area contributed by atoms with Crippen LogP contribution in [0.1, 0.15) is 41.9 Å². The summed E-state index contributed by atoms with van der Waals surface area (Å²) < 4.78 is 10.7. The predicted molar refractivity (Wildman–Crippen MR) is 104 cm³/mol. The molecule has 2 heterocycles. The van der Waals surface area contributed by atoms with Crippen molar-refractivity contribution >= 4 is 17.5 Å². The standard InChI is InChI=1S/C20H26N4O3/c1-14-12-17(19(25)24-10-6-4-5-7-11-24)23-20(21-14)22-16-13-15(26-2)8-9-18(16)27-3/h8-9,12-13H,4-7,10-11H2,1-3H3,(H,21,22,23). The van der Waals surface area contributed by atoms with E-state index in [9.17, 15) is 4.79 Å². The zero-order valence-electron chi connectivity index (χ0n) is 16.1. The molecule has 3 rings (SSSR count). The van der Waals surface area contributed by atoms with E-state index in [1.54, 1.807) is 32.4 Å². The monoisotopic (exact) mass is 370 g/mol. The topological polar surface area (TPSA) is 76.6 Å². The first-order valence-corrected chi connectivity index (χ1v) is 9.24. The number of aromatic nitrogens is 2. The number of hydrogen-bond donors (Lipinski definition) is 1. The number of aryl methyl sites for hydroxylation is 1. The summed E-state index contributed by atoms with van der Waals surface area (Å²) in [6.07, 6.45) is 4.44. The van der Waals surface area contributed by atoms with Gasteiger partial charge in [-0.2, -0.15) is 0 Å². The minimum Gasteiger partial charge on any atom is -0.497 e. The fourth-order valence-corrected chi connectivity index (χ4v) is 3.20. The number of hydrogen-bond acceptors (Lipinski definition) is 6. The first kappa shape index (κ1) is 18.9. The van der Waals surface area contributed by atoms with Crippen molar-refractivity contribution in [2.45, 2.75) is 32.6 Å². The van der Waals surface area contributed by atoms with Gasteiger partial charge in [0.15, 0.2) is 0 Å². The van der Waals surface area contributed by atoms with E-state index < -0.39 is 0 Å². The molecule has 7 nitrogen and oxygen atoms in total. The molecule has 2 aromatic rings. The SMILES string of the molecule is COc1ccc(OC)c(Nc2nc(C)cc(C(=O)N3CCCCCC3)n2)c1. The Morgan fingerprint density at radius 1 is 1.04 bits per heavy atom. The van der Waals surface area contributed by atoms with Crippen molar-refractivity contribution in [3.63, 3.8) is 0 Å². The number of carbonyl (C=O) groups is 1. The maximum Gasteiger partial charge on any atom is 0.272 e. The molecule has 1 aromatic carbocycles. The van der Waals surface area contributed by atoms with Crippen LogP contribution in [-0.4, -0.2) is 48.1 Å². The molecule has 0 spiro atoms. The van der Waals surface area contributed by atoms with Crippen molar-refractivity contribution in [2.24, 2.45) is 0 Å². The molecule has 1 aliphatic rings. The van der Waals surface area contributed by atoms with Crippen LogP contribution in [0.4, 0.5) is 11.6 Å². The highest BCUT2D eigenvalue weighted by Crippen LogP contribution is 2.30. The molecule has 1 fully saturated rings. The van der Waals surface area contributed by atoms with Gasteiger partial charge in [0.05, 0.1) is 19.9 Å². The molecule has 1 amide bonds. The summed E-state index contributed by atoms with van der Waals surface area (Å²) in [6.45, 7) is 3.43. The average molecular weight is 370 g/mol. The lowest BCUT2D eigenvalue weighted by Gasteiger charge is -2.20. The van der Waals surface area contributed by atoms with Crippen LogP contribution in [-0.2, 0) is 0 Å². The average Bonchev–Trinajstić information content (AvgIpc) is 2.96. The van der Waals surface area contributed by atoms with Gasteiger partial charge in [0.1, 0.15) is 17.2 Å². The Kier molecular flexibility index (Phi) is 6.11. The van der Waals surface area contributed by atoms with Crippen LogP contribution in [0.15, 0.2) is 24.3 Å². The van der Waals surface area contributed by atoms with E-state index in [1.165, 1.54) is 12.8 Å². The fourth-order valence-electron chi connectivity index (χ4n) is 3.20. The molecule has 0 radical (unpaired) electrons. The molecule has 0 atom stereocenters. The van der Waals surface area contributed by atoms with E-state index in [0.29, 0.717) is 28.8 Å². The zero-order chi connectivity index (χ0) is 19.2. The lowest BCUT2D eigenvalue weighted by Crippen LogP contribution is -2.32. The molecule has 1 N–H and O–H groups in total. The van der Waals surface area contributed by atoms with Gasteiger partial charge >= 0.3 is 0 Å². The third-order valence-corrected chi connectivity index (χ3v) is 4.62. The Balaban J connectivity index is 1.86. The van der Waals surface area contributed by atoms with Crippen LogP contribution in [0.2, 0.25) is 0 Å². The van der Waals surface area contributed by atoms with E-state index in [-0.39, 0.29) is 5.91 Å². The normalized spacial score (nSPS) is 14.4. The number of amides is 1. The maximum atomic E-state index is 12.9. The van der Waals surface area contributed by atoms with Crippen LogP contribution in [0.5, 0.6) is 11.5 Å². The highest BCUT2D eigenvalue weighted by atomic mass is 16.5. The van der Waals surface area contributed by atoms with E-state index in [4.69, 9.17) is 9.47 Å². The lowest BCUT2D eigenvalue weighted by atomic mass is 10.2. The number of rotatable bonds is 5. The summed E-state index contributed by atoms with van der Waals surface area (Å²) in [6, 6.07) is 7.16. The Morgan fingerprint density at radius 2 is 1.78 bits per heavy atom. The molecule has 0 aliphatic carbocycles. The van der Waals surface area contributed by atoms with Crippen molar-refractivity contribution in [1.29, 1.82) is 0 Å². The summed E-state index contributed by atoms with van der Waals surface area (Å²) in [5, 5.41) is 3.15. The molecular formula is C20H26N4O3. The summed E-state index contributed by atoms with van der Waals surface area (Å²) in [5.41, 5.74) is 1.82. The number of carbonyl (C=O) groups excluding carboxylic acids is 1. The summed E-state index contributed by atoms with van der Waals surface area (Å²) in [5.74, 6) is 1.65. The molecule has 0 unspecified atom stereocenters. The fraction of sp³-hybridized carbons (Fsp3) is 0.450. The minimum absolute atomic E-state index is 0.0388. The molecular weight excluding hydrogens is 344 g/mol. The second kappa shape index (κ2) is 8.70. The maximum absolute atomic E-state index is 12.9. The van der Waals surface area contributed by atoms with Gasteiger partial charge in [-0.1, -0.05) is 12.8 Å². The van der Waals surface area contributed by atoms with Crippen LogP contribution >= 0.6 is 0 Å². The van der Waals surface area contributed by atoms with E-state index >= 15 is 0 Å². The Labute approximate surface area is 159 Å². The number of anilines is 2. The lowest BCUT2D eigenvalue weighted by molar-refractivity contribution is 0.0755. The molecule has 0 saturated carbocycles. The molecule has 0 bridgehead atoms. The van der Waals surface area contributed by atoms with Crippen molar-refractivity contribution in [1.82, 2.24) is 14.9 Å². The van der Waals surface area contributed by atoms with E-state index in [0.717, 1.165) is 31.6 Å². The Morgan fingerprint density at radius 3 is 2.44 bits per heavy atom. The van der Waals surface area contributed by atoms with Gasteiger partial charge < -0.3 is 19.7 Å². The van der Waals surface area contributed by atoms with Crippen molar-refractivity contribution < 1.29 is 14.3 Å². The van der Waals surface area contributed by atoms with E-state index in [2.05, 4.69) is 15.3 Å².